The Kier molecular flexibility index (Phi) is 7.96. The number of nitrogens with zero attached hydrogens (tertiary/aromatic N) is 2. The molecule has 2 amide bonds. The van der Waals surface area contributed by atoms with Gasteiger partial charge >= 0.3 is 5.97 Å². The topological polar surface area (TPSA) is 123 Å². The second-order valence-corrected chi connectivity index (χ2v) is 7.24. The van der Waals surface area contributed by atoms with Gasteiger partial charge in [0.05, 0.1) is 13.4 Å². The van der Waals surface area contributed by atoms with Gasteiger partial charge in [0.2, 0.25) is 11.8 Å². The lowest BCUT2D eigenvalue weighted by molar-refractivity contribution is -0.149. The molecule has 1 rings (SSSR count). The van der Waals surface area contributed by atoms with E-state index in [1.807, 2.05) is 6.92 Å². The standard InChI is InChI=1S/C18H30N4O5/c1-7-8-12(20-16(25)14(23)11(2)3)15(24)21-13-9-22(10-19-13)18(4,5)17(26)27-6/h9-12,14,23H,7-8H2,1-6H3,(H,20,25)(H,21,24). The van der Waals surface area contributed by atoms with Crippen molar-refractivity contribution in [2.24, 2.45) is 5.92 Å². The van der Waals surface area contributed by atoms with Gasteiger partial charge in [0.1, 0.15) is 17.7 Å². The summed E-state index contributed by atoms with van der Waals surface area (Å²) in [6.07, 6.45) is 2.83. The monoisotopic (exact) mass is 382 g/mol. The third-order valence-corrected chi connectivity index (χ3v) is 4.27. The van der Waals surface area contributed by atoms with Crippen molar-refractivity contribution < 1.29 is 24.2 Å². The summed E-state index contributed by atoms with van der Waals surface area (Å²) in [4.78, 5) is 40.5. The maximum Gasteiger partial charge on any atom is 0.331 e. The first kappa shape index (κ1) is 22.6. The Bertz CT molecular complexity index is 668. The molecule has 0 bridgehead atoms. The number of amides is 2. The van der Waals surface area contributed by atoms with E-state index in [1.165, 1.54) is 24.2 Å². The van der Waals surface area contributed by atoms with Crippen molar-refractivity contribution in [3.8, 4) is 0 Å². The number of hydrogen-bond donors (Lipinski definition) is 3. The van der Waals surface area contributed by atoms with E-state index in [9.17, 15) is 19.5 Å². The Morgan fingerprint density at radius 3 is 2.44 bits per heavy atom. The zero-order valence-corrected chi connectivity index (χ0v) is 16.8. The van der Waals surface area contributed by atoms with E-state index in [0.29, 0.717) is 12.8 Å². The smallest absolute Gasteiger partial charge is 0.331 e. The number of carbonyl (C=O) groups excluding carboxylic acids is 3. The lowest BCUT2D eigenvalue weighted by Crippen LogP contribution is -2.48. The molecule has 1 aromatic rings. The van der Waals surface area contributed by atoms with Gasteiger partial charge in [-0.25, -0.2) is 9.78 Å². The van der Waals surface area contributed by atoms with E-state index in [4.69, 9.17) is 4.74 Å². The van der Waals surface area contributed by atoms with Crippen LogP contribution in [0, 0.1) is 5.92 Å². The van der Waals surface area contributed by atoms with E-state index < -0.39 is 35.5 Å². The average Bonchev–Trinajstić information content (AvgIpc) is 3.08. The number of imidazole rings is 1. The SMILES string of the molecule is CCCC(NC(=O)C(O)C(C)C)C(=O)Nc1cn(C(C)(C)C(=O)OC)cn1. The van der Waals surface area contributed by atoms with Crippen LogP contribution in [0.4, 0.5) is 5.82 Å². The molecule has 1 aromatic heterocycles. The molecule has 1 heterocycles. The van der Waals surface area contributed by atoms with Crippen LogP contribution in [-0.4, -0.2) is 51.7 Å². The molecular weight excluding hydrogens is 352 g/mol. The first-order chi connectivity index (χ1) is 12.5. The van der Waals surface area contributed by atoms with Crippen LogP contribution in [0.25, 0.3) is 0 Å². The summed E-state index contributed by atoms with van der Waals surface area (Å²) in [5.74, 6) is -1.49. The summed E-state index contributed by atoms with van der Waals surface area (Å²) < 4.78 is 6.30. The maximum absolute atomic E-state index is 12.5. The Morgan fingerprint density at radius 2 is 1.93 bits per heavy atom. The number of anilines is 1. The molecule has 3 N–H and O–H groups in total. The maximum atomic E-state index is 12.5. The minimum Gasteiger partial charge on any atom is -0.467 e. The molecule has 2 unspecified atom stereocenters. The highest BCUT2D eigenvalue weighted by Crippen LogP contribution is 2.19. The normalized spacial score (nSPS) is 13.8. The number of hydrogen-bond acceptors (Lipinski definition) is 6. The fourth-order valence-electron chi connectivity index (χ4n) is 2.38. The van der Waals surface area contributed by atoms with Crippen molar-refractivity contribution in [2.75, 3.05) is 12.4 Å². The number of esters is 1. The Morgan fingerprint density at radius 1 is 1.30 bits per heavy atom. The molecule has 0 spiro atoms. The van der Waals surface area contributed by atoms with Crippen LogP contribution >= 0.6 is 0 Å². The highest BCUT2D eigenvalue weighted by Gasteiger charge is 2.31. The summed E-state index contributed by atoms with van der Waals surface area (Å²) in [6, 6.07) is -0.797. The highest BCUT2D eigenvalue weighted by atomic mass is 16.5. The van der Waals surface area contributed by atoms with Crippen molar-refractivity contribution in [1.29, 1.82) is 0 Å². The lowest BCUT2D eigenvalue weighted by Gasteiger charge is -2.23. The number of carbonyl (C=O) groups is 3. The van der Waals surface area contributed by atoms with Crippen molar-refractivity contribution >= 4 is 23.6 Å². The molecule has 0 aliphatic rings. The summed E-state index contributed by atoms with van der Waals surface area (Å²) in [6.45, 7) is 8.65. The fraction of sp³-hybridized carbons (Fsp3) is 0.667. The van der Waals surface area contributed by atoms with E-state index in [1.54, 1.807) is 27.7 Å². The van der Waals surface area contributed by atoms with Gasteiger partial charge < -0.3 is 25.0 Å². The molecule has 0 saturated heterocycles. The minimum absolute atomic E-state index is 0.247. The predicted octanol–water partition coefficient (Wildman–Crippen LogP) is 1.03. The summed E-state index contributed by atoms with van der Waals surface area (Å²) in [7, 11) is 1.30. The third-order valence-electron chi connectivity index (χ3n) is 4.27. The number of methoxy groups -OCH3 is 1. The molecule has 0 aliphatic heterocycles. The minimum atomic E-state index is -1.18. The Hall–Kier alpha value is -2.42. The number of rotatable bonds is 9. The number of aliphatic hydroxyl groups is 1. The van der Waals surface area contributed by atoms with Gasteiger partial charge in [0.25, 0.3) is 0 Å². The van der Waals surface area contributed by atoms with Crippen LogP contribution in [0.1, 0.15) is 47.5 Å². The van der Waals surface area contributed by atoms with Gasteiger partial charge in [0, 0.05) is 6.20 Å². The summed E-state index contributed by atoms with van der Waals surface area (Å²) in [5, 5.41) is 15.1. The largest absolute Gasteiger partial charge is 0.467 e. The first-order valence-corrected chi connectivity index (χ1v) is 8.96. The van der Waals surface area contributed by atoms with Crippen molar-refractivity contribution in [3.05, 3.63) is 12.5 Å². The average molecular weight is 382 g/mol. The van der Waals surface area contributed by atoms with E-state index >= 15 is 0 Å². The van der Waals surface area contributed by atoms with E-state index in [2.05, 4.69) is 15.6 Å². The second kappa shape index (κ2) is 9.50. The molecule has 9 heteroatoms. The van der Waals surface area contributed by atoms with Crippen LogP contribution in [0.5, 0.6) is 0 Å². The molecule has 0 aliphatic carbocycles. The van der Waals surface area contributed by atoms with Crippen LogP contribution in [0.3, 0.4) is 0 Å². The summed E-state index contributed by atoms with van der Waals surface area (Å²) in [5.41, 5.74) is -0.983. The number of aliphatic hydroxyl groups excluding tert-OH is 1. The molecule has 0 saturated carbocycles. The van der Waals surface area contributed by atoms with Crippen LogP contribution in [-0.2, 0) is 24.7 Å². The molecule has 0 radical (unpaired) electrons. The molecular formula is C18H30N4O5. The van der Waals surface area contributed by atoms with E-state index in [0.717, 1.165) is 0 Å². The van der Waals surface area contributed by atoms with Crippen LogP contribution in [0.15, 0.2) is 12.5 Å². The third kappa shape index (κ3) is 5.78. The number of nitrogens with one attached hydrogen (secondary N) is 2. The Labute approximate surface area is 159 Å². The summed E-state index contributed by atoms with van der Waals surface area (Å²) >= 11 is 0. The lowest BCUT2D eigenvalue weighted by atomic mass is 10.1. The van der Waals surface area contributed by atoms with Crippen LogP contribution < -0.4 is 10.6 Å². The van der Waals surface area contributed by atoms with Gasteiger partial charge in [-0.15, -0.1) is 0 Å². The molecule has 2 atom stereocenters. The van der Waals surface area contributed by atoms with Gasteiger partial charge in [-0.2, -0.15) is 0 Å². The number of ether oxygens (including phenoxy) is 1. The Balaban J connectivity index is 2.85. The molecule has 0 aromatic carbocycles. The quantitative estimate of drug-likeness (QED) is 0.548. The zero-order chi connectivity index (χ0) is 20.8. The van der Waals surface area contributed by atoms with Gasteiger partial charge in [-0.05, 0) is 26.2 Å². The zero-order valence-electron chi connectivity index (χ0n) is 16.8. The highest BCUT2D eigenvalue weighted by molar-refractivity contribution is 5.97. The van der Waals surface area contributed by atoms with E-state index in [-0.39, 0.29) is 11.7 Å². The molecule has 0 fully saturated rings. The van der Waals surface area contributed by atoms with Gasteiger partial charge in [0.15, 0.2) is 5.82 Å². The van der Waals surface area contributed by atoms with Gasteiger partial charge in [-0.1, -0.05) is 27.2 Å². The second-order valence-electron chi connectivity index (χ2n) is 7.24. The fourth-order valence-corrected chi connectivity index (χ4v) is 2.38. The first-order valence-electron chi connectivity index (χ1n) is 8.96. The molecule has 27 heavy (non-hydrogen) atoms. The predicted molar refractivity (Wildman–Crippen MR) is 99.9 cm³/mol. The van der Waals surface area contributed by atoms with Crippen molar-refractivity contribution in [2.45, 2.75) is 65.1 Å². The molecule has 9 nitrogen and oxygen atoms in total. The van der Waals surface area contributed by atoms with Crippen molar-refractivity contribution in [3.63, 3.8) is 0 Å². The molecule has 152 valence electrons. The van der Waals surface area contributed by atoms with Crippen molar-refractivity contribution in [1.82, 2.24) is 14.9 Å². The van der Waals surface area contributed by atoms with Gasteiger partial charge in [-0.3, -0.25) is 9.59 Å². The van der Waals surface area contributed by atoms with Crippen LogP contribution in [0.2, 0.25) is 0 Å². The number of aromatic nitrogens is 2.